The fourth-order valence-electron chi connectivity index (χ4n) is 1.62. The van der Waals surface area contributed by atoms with Gasteiger partial charge >= 0.3 is 5.97 Å². The Bertz CT molecular complexity index is 593. The predicted molar refractivity (Wildman–Crippen MR) is 66.4 cm³/mol. The Kier molecular flexibility index (Phi) is 3.48. The first-order chi connectivity index (χ1) is 8.74. The van der Waals surface area contributed by atoms with Crippen LogP contribution in [0.1, 0.15) is 20.8 Å². The first-order valence-electron chi connectivity index (χ1n) is 5.34. The van der Waals surface area contributed by atoms with E-state index in [1.54, 1.807) is 30.3 Å². The number of hydrogen-bond donors (Lipinski definition) is 0. The zero-order chi connectivity index (χ0) is 13.0. The molecule has 4 nitrogen and oxygen atoms in total. The topological polar surface area (TPSA) is 56.3 Å². The summed E-state index contributed by atoms with van der Waals surface area (Å²) in [6.07, 6.45) is 2.32. The van der Waals surface area contributed by atoms with Gasteiger partial charge in [-0.25, -0.2) is 9.78 Å². The SMILES string of the molecule is COC(=O)c1cc(-c2cccc(C=O)c2)ccn1. The third kappa shape index (κ3) is 2.43. The van der Waals surface area contributed by atoms with Gasteiger partial charge in [0.05, 0.1) is 7.11 Å². The summed E-state index contributed by atoms with van der Waals surface area (Å²) in [5.74, 6) is -0.483. The number of rotatable bonds is 3. The number of pyridine rings is 1. The summed E-state index contributed by atoms with van der Waals surface area (Å²) in [5, 5.41) is 0. The number of aromatic nitrogens is 1. The van der Waals surface area contributed by atoms with Crippen molar-refractivity contribution < 1.29 is 14.3 Å². The molecular weight excluding hydrogens is 230 g/mol. The van der Waals surface area contributed by atoms with Crippen LogP contribution in [0.2, 0.25) is 0 Å². The highest BCUT2D eigenvalue weighted by Crippen LogP contribution is 2.20. The number of aldehydes is 1. The van der Waals surface area contributed by atoms with Crippen LogP contribution in [0.4, 0.5) is 0 Å². The zero-order valence-corrected chi connectivity index (χ0v) is 9.79. The van der Waals surface area contributed by atoms with Crippen molar-refractivity contribution in [3.8, 4) is 11.1 Å². The molecule has 1 aromatic heterocycles. The van der Waals surface area contributed by atoms with Gasteiger partial charge in [0.1, 0.15) is 12.0 Å². The zero-order valence-electron chi connectivity index (χ0n) is 9.79. The van der Waals surface area contributed by atoms with Crippen LogP contribution in [0.5, 0.6) is 0 Å². The molecule has 0 spiro atoms. The third-order valence-corrected chi connectivity index (χ3v) is 2.51. The molecule has 1 heterocycles. The van der Waals surface area contributed by atoms with Gasteiger partial charge in [0, 0.05) is 11.8 Å². The fraction of sp³-hybridized carbons (Fsp3) is 0.0714. The minimum Gasteiger partial charge on any atom is -0.464 e. The number of esters is 1. The highest BCUT2D eigenvalue weighted by molar-refractivity contribution is 5.89. The second-order valence-corrected chi connectivity index (χ2v) is 3.66. The Labute approximate surface area is 104 Å². The van der Waals surface area contributed by atoms with Crippen molar-refractivity contribution in [2.75, 3.05) is 7.11 Å². The Morgan fingerprint density at radius 3 is 2.72 bits per heavy atom. The van der Waals surface area contributed by atoms with E-state index in [4.69, 9.17) is 0 Å². The van der Waals surface area contributed by atoms with Crippen molar-refractivity contribution >= 4 is 12.3 Å². The van der Waals surface area contributed by atoms with Crippen LogP contribution in [-0.4, -0.2) is 24.3 Å². The Hall–Kier alpha value is -2.49. The second kappa shape index (κ2) is 5.23. The number of carbonyl (C=O) groups is 2. The van der Waals surface area contributed by atoms with E-state index in [0.717, 1.165) is 17.4 Å². The summed E-state index contributed by atoms with van der Waals surface area (Å²) in [7, 11) is 1.31. The second-order valence-electron chi connectivity index (χ2n) is 3.66. The molecule has 90 valence electrons. The van der Waals surface area contributed by atoms with Crippen molar-refractivity contribution in [3.05, 3.63) is 53.9 Å². The molecule has 0 saturated carbocycles. The van der Waals surface area contributed by atoms with Crippen LogP contribution in [0, 0.1) is 0 Å². The number of hydrogen-bond acceptors (Lipinski definition) is 4. The minimum atomic E-state index is -0.483. The number of ether oxygens (including phenoxy) is 1. The van der Waals surface area contributed by atoms with Gasteiger partial charge in [-0.1, -0.05) is 18.2 Å². The van der Waals surface area contributed by atoms with Crippen LogP contribution >= 0.6 is 0 Å². The van der Waals surface area contributed by atoms with Gasteiger partial charge in [-0.3, -0.25) is 4.79 Å². The van der Waals surface area contributed by atoms with E-state index in [-0.39, 0.29) is 5.69 Å². The molecule has 2 rings (SSSR count). The molecule has 0 bridgehead atoms. The van der Waals surface area contributed by atoms with E-state index in [1.807, 2.05) is 6.07 Å². The molecule has 18 heavy (non-hydrogen) atoms. The molecule has 0 saturated heterocycles. The molecule has 0 fully saturated rings. The Morgan fingerprint density at radius 1 is 1.22 bits per heavy atom. The molecule has 0 aliphatic carbocycles. The van der Waals surface area contributed by atoms with Crippen LogP contribution < -0.4 is 0 Å². The molecule has 0 unspecified atom stereocenters. The van der Waals surface area contributed by atoms with Crippen molar-refractivity contribution in [2.24, 2.45) is 0 Å². The Morgan fingerprint density at radius 2 is 2.00 bits per heavy atom. The quantitative estimate of drug-likeness (QED) is 0.611. The van der Waals surface area contributed by atoms with Gasteiger partial charge in [-0.15, -0.1) is 0 Å². The van der Waals surface area contributed by atoms with Gasteiger partial charge in [0.2, 0.25) is 0 Å². The number of nitrogens with zero attached hydrogens (tertiary/aromatic N) is 1. The number of benzene rings is 1. The molecular formula is C14H11NO3. The third-order valence-electron chi connectivity index (χ3n) is 2.51. The van der Waals surface area contributed by atoms with E-state index < -0.39 is 5.97 Å². The monoisotopic (exact) mass is 241 g/mol. The summed E-state index contributed by atoms with van der Waals surface area (Å²) in [5.41, 5.74) is 2.50. The van der Waals surface area contributed by atoms with Crippen molar-refractivity contribution in [1.29, 1.82) is 0 Å². The lowest BCUT2D eigenvalue weighted by atomic mass is 10.0. The summed E-state index contributed by atoms with van der Waals surface area (Å²) in [6.45, 7) is 0. The van der Waals surface area contributed by atoms with E-state index in [1.165, 1.54) is 13.3 Å². The minimum absolute atomic E-state index is 0.242. The normalized spacial score (nSPS) is 9.83. The van der Waals surface area contributed by atoms with Gasteiger partial charge in [0.25, 0.3) is 0 Å². The summed E-state index contributed by atoms with van der Waals surface area (Å²) in [6, 6.07) is 10.5. The summed E-state index contributed by atoms with van der Waals surface area (Å²) >= 11 is 0. The van der Waals surface area contributed by atoms with E-state index >= 15 is 0 Å². The standard InChI is InChI=1S/C14H11NO3/c1-18-14(17)13-8-12(5-6-15-13)11-4-2-3-10(7-11)9-16/h2-9H,1H3. The maximum absolute atomic E-state index is 11.4. The lowest BCUT2D eigenvalue weighted by Crippen LogP contribution is -2.03. The van der Waals surface area contributed by atoms with Crippen molar-refractivity contribution in [1.82, 2.24) is 4.98 Å². The van der Waals surface area contributed by atoms with Gasteiger partial charge in [0.15, 0.2) is 0 Å². The summed E-state index contributed by atoms with van der Waals surface area (Å²) < 4.78 is 4.61. The largest absolute Gasteiger partial charge is 0.464 e. The molecule has 4 heteroatoms. The first-order valence-corrected chi connectivity index (χ1v) is 5.34. The van der Waals surface area contributed by atoms with Gasteiger partial charge in [-0.05, 0) is 29.3 Å². The number of methoxy groups -OCH3 is 1. The molecule has 0 aliphatic heterocycles. The predicted octanol–water partition coefficient (Wildman–Crippen LogP) is 2.35. The molecule has 0 atom stereocenters. The highest BCUT2D eigenvalue weighted by atomic mass is 16.5. The molecule has 1 aromatic carbocycles. The van der Waals surface area contributed by atoms with Crippen molar-refractivity contribution in [2.45, 2.75) is 0 Å². The van der Waals surface area contributed by atoms with E-state index in [2.05, 4.69) is 9.72 Å². The molecule has 0 radical (unpaired) electrons. The average Bonchev–Trinajstić information content (AvgIpc) is 2.46. The van der Waals surface area contributed by atoms with Crippen LogP contribution in [-0.2, 0) is 4.74 Å². The lowest BCUT2D eigenvalue weighted by Gasteiger charge is -2.04. The maximum Gasteiger partial charge on any atom is 0.356 e. The molecule has 0 amide bonds. The molecule has 0 aliphatic rings. The van der Waals surface area contributed by atoms with E-state index in [0.29, 0.717) is 5.56 Å². The fourth-order valence-corrected chi connectivity index (χ4v) is 1.62. The Balaban J connectivity index is 2.44. The molecule has 2 aromatic rings. The summed E-state index contributed by atoms with van der Waals surface area (Å²) in [4.78, 5) is 26.0. The van der Waals surface area contributed by atoms with E-state index in [9.17, 15) is 9.59 Å². The highest BCUT2D eigenvalue weighted by Gasteiger charge is 2.08. The lowest BCUT2D eigenvalue weighted by molar-refractivity contribution is 0.0594. The average molecular weight is 241 g/mol. The van der Waals surface area contributed by atoms with Crippen LogP contribution in [0.15, 0.2) is 42.6 Å². The first kappa shape index (κ1) is 12.0. The smallest absolute Gasteiger partial charge is 0.356 e. The van der Waals surface area contributed by atoms with Gasteiger partial charge in [-0.2, -0.15) is 0 Å². The van der Waals surface area contributed by atoms with Crippen LogP contribution in [0.25, 0.3) is 11.1 Å². The van der Waals surface area contributed by atoms with Crippen molar-refractivity contribution in [3.63, 3.8) is 0 Å². The number of carbonyl (C=O) groups excluding carboxylic acids is 2. The maximum atomic E-state index is 11.4. The van der Waals surface area contributed by atoms with Gasteiger partial charge < -0.3 is 4.74 Å². The van der Waals surface area contributed by atoms with Crippen LogP contribution in [0.3, 0.4) is 0 Å². The molecule has 0 N–H and O–H groups in total.